The molecule has 0 heterocycles. The molecule has 2 nitrogen and oxygen atoms in total. The lowest BCUT2D eigenvalue weighted by molar-refractivity contribution is 0.0931. The van der Waals surface area contributed by atoms with Crippen LogP contribution >= 0.6 is 0 Å². The highest BCUT2D eigenvalue weighted by molar-refractivity contribution is 5.98. The Balaban J connectivity index is 2.91. The van der Waals surface area contributed by atoms with E-state index in [4.69, 9.17) is 5.26 Å². The second kappa shape index (κ2) is 4.57. The first-order valence-corrected chi connectivity index (χ1v) is 4.63. The fourth-order valence-electron chi connectivity index (χ4n) is 1.34. The Kier molecular flexibility index (Phi) is 3.41. The molecule has 0 spiro atoms. The van der Waals surface area contributed by atoms with Crippen molar-refractivity contribution in [2.24, 2.45) is 5.92 Å². The molecule has 0 amide bonds. The molecule has 0 radical (unpaired) electrons. The first-order valence-electron chi connectivity index (χ1n) is 4.63. The minimum atomic E-state index is -0.207. The van der Waals surface area contributed by atoms with Crippen LogP contribution in [0.1, 0.15) is 29.3 Å². The summed E-state index contributed by atoms with van der Waals surface area (Å²) in [6.07, 6.45) is 0.285. The van der Waals surface area contributed by atoms with Crippen LogP contribution in [0, 0.1) is 24.2 Å². The van der Waals surface area contributed by atoms with E-state index in [-0.39, 0.29) is 18.1 Å². The van der Waals surface area contributed by atoms with Gasteiger partial charge in [0.2, 0.25) is 0 Å². The molecule has 0 saturated heterocycles. The van der Waals surface area contributed by atoms with E-state index in [0.717, 1.165) is 11.1 Å². The number of benzene rings is 1. The zero-order chi connectivity index (χ0) is 10.6. The van der Waals surface area contributed by atoms with Crippen LogP contribution in [0.2, 0.25) is 0 Å². The Hall–Kier alpha value is -1.62. The fraction of sp³-hybridized carbons (Fsp3) is 0.333. The molecule has 1 atom stereocenters. The molecule has 1 unspecified atom stereocenters. The van der Waals surface area contributed by atoms with Gasteiger partial charge in [-0.05, 0) is 12.5 Å². The van der Waals surface area contributed by atoms with Crippen LogP contribution in [0.5, 0.6) is 0 Å². The predicted octanol–water partition coefficient (Wildman–Crippen LogP) is 2.73. The van der Waals surface area contributed by atoms with Gasteiger partial charge >= 0.3 is 0 Å². The first-order chi connectivity index (χ1) is 6.66. The molecule has 0 aliphatic carbocycles. The number of nitrogens with zero attached hydrogens (tertiary/aromatic N) is 1. The van der Waals surface area contributed by atoms with E-state index in [1.165, 1.54) is 0 Å². The standard InChI is InChI=1S/C12H13NO/c1-9-5-3-4-6-11(9)12(14)10(2)7-8-13/h3-6,10H,7H2,1-2H3. The number of carbonyl (C=O) groups excluding carboxylic acids is 1. The Morgan fingerprint density at radius 2 is 2.14 bits per heavy atom. The van der Waals surface area contributed by atoms with Gasteiger partial charge in [-0.3, -0.25) is 4.79 Å². The minimum Gasteiger partial charge on any atom is -0.294 e. The molecule has 14 heavy (non-hydrogen) atoms. The van der Waals surface area contributed by atoms with Crippen LogP contribution in [-0.4, -0.2) is 5.78 Å². The Morgan fingerprint density at radius 3 is 2.71 bits per heavy atom. The maximum Gasteiger partial charge on any atom is 0.166 e. The largest absolute Gasteiger partial charge is 0.294 e. The number of carbonyl (C=O) groups is 1. The number of nitriles is 1. The maximum atomic E-state index is 11.8. The van der Waals surface area contributed by atoms with Crippen molar-refractivity contribution in [2.75, 3.05) is 0 Å². The van der Waals surface area contributed by atoms with E-state index >= 15 is 0 Å². The molecule has 0 aromatic heterocycles. The summed E-state index contributed by atoms with van der Waals surface area (Å²) in [5.74, 6) is -0.147. The molecule has 0 fully saturated rings. The molecular formula is C12H13NO. The van der Waals surface area contributed by atoms with Gasteiger partial charge in [0, 0.05) is 17.9 Å². The predicted molar refractivity (Wildman–Crippen MR) is 54.9 cm³/mol. The summed E-state index contributed by atoms with van der Waals surface area (Å²) in [6.45, 7) is 3.70. The lowest BCUT2D eigenvalue weighted by Crippen LogP contribution is -2.11. The highest BCUT2D eigenvalue weighted by Gasteiger charge is 2.15. The summed E-state index contributed by atoms with van der Waals surface area (Å²) >= 11 is 0. The van der Waals surface area contributed by atoms with Gasteiger partial charge in [0.25, 0.3) is 0 Å². The third kappa shape index (κ3) is 2.20. The summed E-state index contributed by atoms with van der Waals surface area (Å²) in [4.78, 5) is 11.8. The van der Waals surface area contributed by atoms with Crippen molar-refractivity contribution in [2.45, 2.75) is 20.3 Å². The molecule has 1 aromatic rings. The van der Waals surface area contributed by atoms with Crippen molar-refractivity contribution in [3.63, 3.8) is 0 Å². The van der Waals surface area contributed by atoms with Crippen LogP contribution in [-0.2, 0) is 0 Å². The van der Waals surface area contributed by atoms with Gasteiger partial charge in [0.15, 0.2) is 5.78 Å². The summed E-state index contributed by atoms with van der Waals surface area (Å²) in [5, 5.41) is 8.50. The van der Waals surface area contributed by atoms with E-state index in [0.29, 0.717) is 0 Å². The minimum absolute atomic E-state index is 0.0599. The number of hydrogen-bond acceptors (Lipinski definition) is 2. The van der Waals surface area contributed by atoms with Crippen LogP contribution in [0.15, 0.2) is 24.3 Å². The van der Waals surface area contributed by atoms with Gasteiger partial charge in [-0.1, -0.05) is 31.2 Å². The van der Waals surface area contributed by atoms with Crippen molar-refractivity contribution < 1.29 is 4.79 Å². The fourth-order valence-corrected chi connectivity index (χ4v) is 1.34. The molecule has 0 bridgehead atoms. The Morgan fingerprint density at radius 1 is 1.50 bits per heavy atom. The normalized spacial score (nSPS) is 11.8. The van der Waals surface area contributed by atoms with Gasteiger partial charge in [0.1, 0.15) is 0 Å². The topological polar surface area (TPSA) is 40.9 Å². The average molecular weight is 187 g/mol. The van der Waals surface area contributed by atoms with E-state index in [2.05, 4.69) is 0 Å². The molecule has 0 N–H and O–H groups in total. The number of Topliss-reactive ketones (excluding diaryl/α,β-unsaturated/α-hetero) is 1. The number of aryl methyl sites for hydroxylation is 1. The zero-order valence-corrected chi connectivity index (χ0v) is 8.45. The summed E-state index contributed by atoms with van der Waals surface area (Å²) in [7, 11) is 0. The van der Waals surface area contributed by atoms with Gasteiger partial charge in [-0.15, -0.1) is 0 Å². The van der Waals surface area contributed by atoms with Crippen molar-refractivity contribution in [3.05, 3.63) is 35.4 Å². The van der Waals surface area contributed by atoms with E-state index in [9.17, 15) is 4.79 Å². The summed E-state index contributed by atoms with van der Waals surface area (Å²) in [6, 6.07) is 9.49. The van der Waals surface area contributed by atoms with Crippen LogP contribution in [0.25, 0.3) is 0 Å². The van der Waals surface area contributed by atoms with Crippen molar-refractivity contribution >= 4 is 5.78 Å². The van der Waals surface area contributed by atoms with Crippen LogP contribution in [0.3, 0.4) is 0 Å². The number of rotatable bonds is 3. The van der Waals surface area contributed by atoms with Crippen molar-refractivity contribution in [1.82, 2.24) is 0 Å². The zero-order valence-electron chi connectivity index (χ0n) is 8.45. The SMILES string of the molecule is Cc1ccccc1C(=O)C(C)CC#N. The van der Waals surface area contributed by atoms with E-state index < -0.39 is 0 Å². The van der Waals surface area contributed by atoms with Crippen molar-refractivity contribution in [3.8, 4) is 6.07 Å². The second-order valence-corrected chi connectivity index (χ2v) is 3.44. The van der Waals surface area contributed by atoms with Crippen LogP contribution < -0.4 is 0 Å². The Labute approximate surface area is 84.2 Å². The van der Waals surface area contributed by atoms with Gasteiger partial charge < -0.3 is 0 Å². The van der Waals surface area contributed by atoms with Gasteiger partial charge in [0.05, 0.1) is 6.07 Å². The number of ketones is 1. The number of hydrogen-bond donors (Lipinski definition) is 0. The molecule has 1 rings (SSSR count). The van der Waals surface area contributed by atoms with Gasteiger partial charge in [-0.2, -0.15) is 5.26 Å². The molecule has 0 aliphatic heterocycles. The molecule has 2 heteroatoms. The first kappa shape index (κ1) is 10.5. The monoisotopic (exact) mass is 187 g/mol. The Bertz CT molecular complexity index is 376. The molecule has 1 aromatic carbocycles. The van der Waals surface area contributed by atoms with E-state index in [1.54, 1.807) is 6.92 Å². The second-order valence-electron chi connectivity index (χ2n) is 3.44. The van der Waals surface area contributed by atoms with E-state index in [1.807, 2.05) is 37.3 Å². The summed E-state index contributed by atoms with van der Waals surface area (Å²) in [5.41, 5.74) is 1.71. The third-order valence-electron chi connectivity index (χ3n) is 2.26. The quantitative estimate of drug-likeness (QED) is 0.682. The lowest BCUT2D eigenvalue weighted by Gasteiger charge is -2.08. The average Bonchev–Trinajstić information content (AvgIpc) is 2.18. The highest BCUT2D eigenvalue weighted by Crippen LogP contribution is 2.14. The molecule has 0 aliphatic rings. The highest BCUT2D eigenvalue weighted by atomic mass is 16.1. The smallest absolute Gasteiger partial charge is 0.166 e. The van der Waals surface area contributed by atoms with Gasteiger partial charge in [-0.25, -0.2) is 0 Å². The lowest BCUT2D eigenvalue weighted by atomic mass is 9.94. The summed E-state index contributed by atoms with van der Waals surface area (Å²) < 4.78 is 0. The third-order valence-corrected chi connectivity index (χ3v) is 2.26. The molecule has 72 valence electrons. The van der Waals surface area contributed by atoms with Crippen molar-refractivity contribution in [1.29, 1.82) is 5.26 Å². The molecular weight excluding hydrogens is 174 g/mol. The van der Waals surface area contributed by atoms with Crippen LogP contribution in [0.4, 0.5) is 0 Å². The molecule has 0 saturated carbocycles. The maximum absolute atomic E-state index is 11.8.